The third-order valence-electron chi connectivity index (χ3n) is 1.74. The summed E-state index contributed by atoms with van der Waals surface area (Å²) in [5, 5.41) is 13.6. The Morgan fingerprint density at radius 1 is 1.64 bits per heavy atom. The number of hydrogen-bond acceptors (Lipinski definition) is 4. The lowest BCUT2D eigenvalue weighted by atomic mass is 10.3. The van der Waals surface area contributed by atoms with E-state index in [0.29, 0.717) is 12.4 Å². The van der Waals surface area contributed by atoms with Crippen LogP contribution in [0.15, 0.2) is 12.3 Å². The molecule has 0 unspecified atom stereocenters. The first-order valence-electron chi connectivity index (χ1n) is 4.50. The fourth-order valence-electron chi connectivity index (χ4n) is 1.07. The maximum absolute atomic E-state index is 10.7. The third-order valence-corrected chi connectivity index (χ3v) is 1.74. The molecule has 0 aliphatic heterocycles. The Balaban J connectivity index is 2.96. The first-order chi connectivity index (χ1) is 6.65. The average molecular weight is 195 g/mol. The van der Waals surface area contributed by atoms with Crippen LogP contribution in [0.5, 0.6) is 0 Å². The molecular weight excluding hydrogens is 182 g/mol. The molecule has 0 saturated heterocycles. The monoisotopic (exact) mass is 195 g/mol. The van der Waals surface area contributed by atoms with E-state index in [9.17, 15) is 10.1 Å². The molecule has 0 radical (unpaired) electrons. The number of aromatic nitrogens is 1. The summed E-state index contributed by atoms with van der Waals surface area (Å²) >= 11 is 0. The lowest BCUT2D eigenvalue weighted by Gasteiger charge is -2.04. The van der Waals surface area contributed by atoms with Crippen molar-refractivity contribution in [2.45, 2.75) is 20.3 Å². The maximum Gasteiger partial charge on any atom is 0.311 e. The Bertz CT molecular complexity index is 339. The second kappa shape index (κ2) is 4.55. The maximum atomic E-state index is 10.7. The molecule has 0 spiro atoms. The second-order valence-corrected chi connectivity index (χ2v) is 3.06. The van der Waals surface area contributed by atoms with Gasteiger partial charge in [-0.3, -0.25) is 10.1 Å². The molecule has 0 atom stereocenters. The SMILES string of the molecule is CCCNc1ncc(C)cc1[N+](=O)[O-]. The predicted octanol–water partition coefficient (Wildman–Crippen LogP) is 2.12. The van der Waals surface area contributed by atoms with Gasteiger partial charge in [0.15, 0.2) is 0 Å². The van der Waals surface area contributed by atoms with E-state index in [0.717, 1.165) is 12.0 Å². The highest BCUT2D eigenvalue weighted by molar-refractivity contribution is 5.56. The summed E-state index contributed by atoms with van der Waals surface area (Å²) in [7, 11) is 0. The van der Waals surface area contributed by atoms with Gasteiger partial charge in [-0.2, -0.15) is 0 Å². The van der Waals surface area contributed by atoms with Gasteiger partial charge in [0.25, 0.3) is 0 Å². The number of aryl methyl sites for hydroxylation is 1. The van der Waals surface area contributed by atoms with E-state index in [4.69, 9.17) is 0 Å². The first-order valence-corrected chi connectivity index (χ1v) is 4.50. The van der Waals surface area contributed by atoms with Crippen LogP contribution in [0.4, 0.5) is 11.5 Å². The summed E-state index contributed by atoms with van der Waals surface area (Å²) in [5.74, 6) is 0.349. The van der Waals surface area contributed by atoms with Gasteiger partial charge in [0.2, 0.25) is 5.82 Å². The number of nitrogens with one attached hydrogen (secondary N) is 1. The zero-order valence-corrected chi connectivity index (χ0v) is 8.28. The van der Waals surface area contributed by atoms with Crippen molar-refractivity contribution in [3.8, 4) is 0 Å². The zero-order chi connectivity index (χ0) is 10.6. The molecule has 0 amide bonds. The van der Waals surface area contributed by atoms with Crippen molar-refractivity contribution in [2.24, 2.45) is 0 Å². The van der Waals surface area contributed by atoms with Gasteiger partial charge in [-0.1, -0.05) is 6.92 Å². The zero-order valence-electron chi connectivity index (χ0n) is 8.28. The van der Waals surface area contributed by atoms with Crippen molar-refractivity contribution >= 4 is 11.5 Å². The summed E-state index contributed by atoms with van der Waals surface area (Å²) in [6.45, 7) is 4.47. The lowest BCUT2D eigenvalue weighted by molar-refractivity contribution is -0.384. The minimum Gasteiger partial charge on any atom is -0.364 e. The molecule has 0 aliphatic carbocycles. The number of anilines is 1. The normalized spacial score (nSPS) is 9.86. The van der Waals surface area contributed by atoms with Crippen LogP contribution < -0.4 is 5.32 Å². The predicted molar refractivity (Wildman–Crippen MR) is 54.4 cm³/mol. The Morgan fingerprint density at radius 3 is 2.93 bits per heavy atom. The van der Waals surface area contributed by atoms with E-state index in [1.165, 1.54) is 6.07 Å². The molecule has 76 valence electrons. The van der Waals surface area contributed by atoms with Crippen LogP contribution in [0.1, 0.15) is 18.9 Å². The van der Waals surface area contributed by atoms with Crippen molar-refractivity contribution in [2.75, 3.05) is 11.9 Å². The molecule has 5 heteroatoms. The molecule has 1 rings (SSSR count). The molecule has 1 aromatic heterocycles. The molecule has 1 N–H and O–H groups in total. The molecule has 0 aromatic carbocycles. The highest BCUT2D eigenvalue weighted by Gasteiger charge is 2.14. The molecule has 1 heterocycles. The van der Waals surface area contributed by atoms with E-state index in [1.807, 2.05) is 6.92 Å². The number of nitrogens with zero attached hydrogens (tertiary/aromatic N) is 2. The number of rotatable bonds is 4. The Kier molecular flexibility index (Phi) is 3.39. The largest absolute Gasteiger partial charge is 0.364 e. The van der Waals surface area contributed by atoms with Gasteiger partial charge in [0.05, 0.1) is 4.92 Å². The van der Waals surface area contributed by atoms with Gasteiger partial charge < -0.3 is 5.32 Å². The second-order valence-electron chi connectivity index (χ2n) is 3.06. The minimum absolute atomic E-state index is 0.0402. The summed E-state index contributed by atoms with van der Waals surface area (Å²) in [6.07, 6.45) is 2.53. The van der Waals surface area contributed by atoms with Crippen LogP contribution in [-0.4, -0.2) is 16.5 Å². The topological polar surface area (TPSA) is 68.1 Å². The highest BCUT2D eigenvalue weighted by atomic mass is 16.6. The summed E-state index contributed by atoms with van der Waals surface area (Å²) < 4.78 is 0. The fraction of sp³-hybridized carbons (Fsp3) is 0.444. The third kappa shape index (κ3) is 2.42. The van der Waals surface area contributed by atoms with Crippen LogP contribution in [-0.2, 0) is 0 Å². The smallest absolute Gasteiger partial charge is 0.311 e. The van der Waals surface area contributed by atoms with Crippen molar-refractivity contribution in [3.63, 3.8) is 0 Å². The molecular formula is C9H13N3O2. The van der Waals surface area contributed by atoms with Gasteiger partial charge in [0, 0.05) is 18.8 Å². The highest BCUT2D eigenvalue weighted by Crippen LogP contribution is 2.21. The standard InChI is InChI=1S/C9H13N3O2/c1-3-4-10-9-8(12(13)14)5-7(2)6-11-9/h5-6H,3-4H2,1-2H3,(H,10,11). The number of hydrogen-bond donors (Lipinski definition) is 1. The molecule has 0 saturated carbocycles. The van der Waals surface area contributed by atoms with Gasteiger partial charge in [-0.05, 0) is 18.9 Å². The van der Waals surface area contributed by atoms with Crippen LogP contribution >= 0.6 is 0 Å². The Hall–Kier alpha value is -1.65. The molecule has 1 aromatic rings. The molecule has 0 aliphatic rings. The van der Waals surface area contributed by atoms with E-state index in [1.54, 1.807) is 13.1 Å². The summed E-state index contributed by atoms with van der Waals surface area (Å²) in [5.41, 5.74) is 0.831. The summed E-state index contributed by atoms with van der Waals surface area (Å²) in [4.78, 5) is 14.2. The van der Waals surface area contributed by atoms with Crippen molar-refractivity contribution in [1.29, 1.82) is 0 Å². The Labute approximate surface area is 82.3 Å². The number of nitro groups is 1. The number of pyridine rings is 1. The van der Waals surface area contributed by atoms with E-state index < -0.39 is 4.92 Å². The van der Waals surface area contributed by atoms with E-state index in [-0.39, 0.29) is 5.69 Å². The lowest BCUT2D eigenvalue weighted by Crippen LogP contribution is -2.05. The van der Waals surface area contributed by atoms with Gasteiger partial charge in [-0.25, -0.2) is 4.98 Å². The Morgan fingerprint density at radius 2 is 2.36 bits per heavy atom. The van der Waals surface area contributed by atoms with Crippen molar-refractivity contribution in [1.82, 2.24) is 4.98 Å². The molecule has 5 nitrogen and oxygen atoms in total. The summed E-state index contributed by atoms with van der Waals surface area (Å²) in [6, 6.07) is 1.52. The average Bonchev–Trinajstić information content (AvgIpc) is 2.15. The van der Waals surface area contributed by atoms with E-state index >= 15 is 0 Å². The van der Waals surface area contributed by atoms with Crippen molar-refractivity contribution < 1.29 is 4.92 Å². The van der Waals surface area contributed by atoms with Crippen LogP contribution in [0.3, 0.4) is 0 Å². The quantitative estimate of drug-likeness (QED) is 0.590. The van der Waals surface area contributed by atoms with Crippen LogP contribution in [0.2, 0.25) is 0 Å². The van der Waals surface area contributed by atoms with Crippen LogP contribution in [0.25, 0.3) is 0 Å². The van der Waals surface area contributed by atoms with Crippen molar-refractivity contribution in [3.05, 3.63) is 27.9 Å². The van der Waals surface area contributed by atoms with Crippen LogP contribution in [0, 0.1) is 17.0 Å². The molecule has 0 fully saturated rings. The fourth-order valence-corrected chi connectivity index (χ4v) is 1.07. The molecule has 0 bridgehead atoms. The van der Waals surface area contributed by atoms with E-state index in [2.05, 4.69) is 10.3 Å². The van der Waals surface area contributed by atoms with Gasteiger partial charge in [0.1, 0.15) is 0 Å². The minimum atomic E-state index is -0.419. The first kappa shape index (κ1) is 10.4. The van der Waals surface area contributed by atoms with Gasteiger partial charge in [-0.15, -0.1) is 0 Å². The van der Waals surface area contributed by atoms with Gasteiger partial charge >= 0.3 is 5.69 Å². The molecule has 14 heavy (non-hydrogen) atoms.